The van der Waals surface area contributed by atoms with Crippen molar-refractivity contribution >= 4 is 5.71 Å². The van der Waals surface area contributed by atoms with Crippen LogP contribution in [0.5, 0.6) is 0 Å². The Labute approximate surface area is 115 Å². The van der Waals surface area contributed by atoms with E-state index in [0.717, 1.165) is 37.0 Å². The third-order valence-corrected chi connectivity index (χ3v) is 2.98. The van der Waals surface area contributed by atoms with Crippen molar-refractivity contribution in [1.29, 1.82) is 5.26 Å². The highest BCUT2D eigenvalue weighted by Gasteiger charge is 2.10. The molecule has 0 saturated heterocycles. The summed E-state index contributed by atoms with van der Waals surface area (Å²) in [6.07, 6.45) is 3.50. The van der Waals surface area contributed by atoms with Crippen molar-refractivity contribution in [2.45, 2.75) is 46.1 Å². The largest absolute Gasteiger partial charge is 0.391 e. The molecule has 0 aliphatic rings. The smallest absolute Gasteiger partial charge is 0.142 e. The Balaban J connectivity index is 2.46. The molecule has 0 spiro atoms. The van der Waals surface area contributed by atoms with Gasteiger partial charge in [-0.3, -0.25) is 0 Å². The zero-order valence-electron chi connectivity index (χ0n) is 11.8. The molecule has 102 valence electrons. The standard InChI is InChI=1S/C16H22N2O/c1-3-8-15(12-17)11-16(4-2)18-19-13-14-9-6-5-7-10-14/h5-7,9-10,15H,3-4,8,11,13H2,1-2H3. The lowest BCUT2D eigenvalue weighted by Gasteiger charge is -2.09. The molecule has 1 unspecified atom stereocenters. The molecule has 1 atom stereocenters. The number of nitrogens with zero attached hydrogens (tertiary/aromatic N) is 2. The summed E-state index contributed by atoms with van der Waals surface area (Å²) in [5, 5.41) is 13.2. The van der Waals surface area contributed by atoms with Gasteiger partial charge in [-0.2, -0.15) is 5.26 Å². The van der Waals surface area contributed by atoms with E-state index in [1.165, 1.54) is 0 Å². The van der Waals surface area contributed by atoms with Crippen LogP contribution in [0.3, 0.4) is 0 Å². The molecule has 0 amide bonds. The normalized spacial score (nSPS) is 12.8. The van der Waals surface area contributed by atoms with Crippen molar-refractivity contribution < 1.29 is 4.84 Å². The highest BCUT2D eigenvalue weighted by molar-refractivity contribution is 5.84. The maximum atomic E-state index is 9.06. The Morgan fingerprint density at radius 2 is 2.05 bits per heavy atom. The van der Waals surface area contributed by atoms with Gasteiger partial charge in [0.2, 0.25) is 0 Å². The number of benzene rings is 1. The van der Waals surface area contributed by atoms with E-state index in [2.05, 4.69) is 18.1 Å². The molecule has 1 rings (SSSR count). The molecule has 0 fully saturated rings. The van der Waals surface area contributed by atoms with Gasteiger partial charge in [-0.1, -0.05) is 55.8 Å². The predicted octanol–water partition coefficient (Wildman–Crippen LogP) is 4.30. The van der Waals surface area contributed by atoms with Crippen molar-refractivity contribution in [3.05, 3.63) is 35.9 Å². The van der Waals surface area contributed by atoms with Crippen LogP contribution in [0.1, 0.15) is 45.1 Å². The average Bonchev–Trinajstić information content (AvgIpc) is 2.46. The first-order chi connectivity index (χ1) is 9.30. The second-order valence-corrected chi connectivity index (χ2v) is 4.59. The average molecular weight is 258 g/mol. The van der Waals surface area contributed by atoms with Crippen molar-refractivity contribution in [3.63, 3.8) is 0 Å². The first-order valence-corrected chi connectivity index (χ1v) is 6.91. The fraction of sp³-hybridized carbons (Fsp3) is 0.500. The fourth-order valence-electron chi connectivity index (χ4n) is 1.86. The maximum absolute atomic E-state index is 9.06. The Bertz CT molecular complexity index is 420. The van der Waals surface area contributed by atoms with E-state index in [4.69, 9.17) is 10.1 Å². The predicted molar refractivity (Wildman–Crippen MR) is 77.6 cm³/mol. The van der Waals surface area contributed by atoms with Crippen LogP contribution in [0.4, 0.5) is 0 Å². The van der Waals surface area contributed by atoms with Crippen LogP contribution in [0.25, 0.3) is 0 Å². The van der Waals surface area contributed by atoms with E-state index in [-0.39, 0.29) is 5.92 Å². The van der Waals surface area contributed by atoms with Gasteiger partial charge in [-0.05, 0) is 18.4 Å². The molecule has 0 heterocycles. The quantitative estimate of drug-likeness (QED) is 0.515. The van der Waals surface area contributed by atoms with Gasteiger partial charge in [0.1, 0.15) is 6.61 Å². The van der Waals surface area contributed by atoms with Gasteiger partial charge < -0.3 is 4.84 Å². The zero-order valence-corrected chi connectivity index (χ0v) is 11.8. The minimum atomic E-state index is 0.0593. The van der Waals surface area contributed by atoms with Gasteiger partial charge in [0.05, 0.1) is 17.7 Å². The molecule has 0 bridgehead atoms. The molecule has 3 heteroatoms. The van der Waals surface area contributed by atoms with E-state index in [1.54, 1.807) is 0 Å². The van der Waals surface area contributed by atoms with Gasteiger partial charge in [0.25, 0.3) is 0 Å². The maximum Gasteiger partial charge on any atom is 0.142 e. The van der Waals surface area contributed by atoms with Gasteiger partial charge in [0, 0.05) is 6.42 Å². The van der Waals surface area contributed by atoms with Gasteiger partial charge in [-0.15, -0.1) is 0 Å². The molecular formula is C16H22N2O. The molecular weight excluding hydrogens is 236 g/mol. The molecule has 19 heavy (non-hydrogen) atoms. The second-order valence-electron chi connectivity index (χ2n) is 4.59. The number of nitriles is 1. The SMILES string of the molecule is CCCC(C#N)CC(CC)=NOCc1ccccc1. The number of oxime groups is 1. The monoisotopic (exact) mass is 258 g/mol. The summed E-state index contributed by atoms with van der Waals surface area (Å²) in [6.45, 7) is 4.62. The molecule has 0 radical (unpaired) electrons. The minimum Gasteiger partial charge on any atom is -0.391 e. The Kier molecular flexibility index (Phi) is 7.34. The van der Waals surface area contributed by atoms with Crippen LogP contribution in [0.15, 0.2) is 35.5 Å². The van der Waals surface area contributed by atoms with E-state index < -0.39 is 0 Å². The lowest BCUT2D eigenvalue weighted by atomic mass is 9.98. The second kappa shape index (κ2) is 9.16. The van der Waals surface area contributed by atoms with Crippen LogP contribution in [0, 0.1) is 17.2 Å². The molecule has 0 N–H and O–H groups in total. The number of hydrogen-bond donors (Lipinski definition) is 0. The Morgan fingerprint density at radius 3 is 2.63 bits per heavy atom. The molecule has 1 aromatic carbocycles. The molecule has 1 aromatic rings. The lowest BCUT2D eigenvalue weighted by molar-refractivity contribution is 0.129. The van der Waals surface area contributed by atoms with E-state index >= 15 is 0 Å². The number of rotatable bonds is 8. The fourth-order valence-corrected chi connectivity index (χ4v) is 1.86. The summed E-state index contributed by atoms with van der Waals surface area (Å²) >= 11 is 0. The summed E-state index contributed by atoms with van der Waals surface area (Å²) in [7, 11) is 0. The van der Waals surface area contributed by atoms with E-state index in [1.807, 2.05) is 37.3 Å². The summed E-state index contributed by atoms with van der Waals surface area (Å²) in [4.78, 5) is 5.37. The third-order valence-electron chi connectivity index (χ3n) is 2.98. The van der Waals surface area contributed by atoms with Crippen molar-refractivity contribution in [1.82, 2.24) is 0 Å². The van der Waals surface area contributed by atoms with Gasteiger partial charge in [0.15, 0.2) is 0 Å². The number of hydrogen-bond acceptors (Lipinski definition) is 3. The first-order valence-electron chi connectivity index (χ1n) is 6.91. The molecule has 3 nitrogen and oxygen atoms in total. The first kappa shape index (κ1) is 15.2. The van der Waals surface area contributed by atoms with Crippen molar-refractivity contribution in [2.24, 2.45) is 11.1 Å². The minimum absolute atomic E-state index is 0.0593. The Morgan fingerprint density at radius 1 is 1.32 bits per heavy atom. The molecule has 0 aliphatic heterocycles. The summed E-state index contributed by atoms with van der Waals surface area (Å²) in [6, 6.07) is 12.3. The van der Waals surface area contributed by atoms with Crippen molar-refractivity contribution in [3.8, 4) is 6.07 Å². The highest BCUT2D eigenvalue weighted by atomic mass is 16.6. The highest BCUT2D eigenvalue weighted by Crippen LogP contribution is 2.13. The summed E-state index contributed by atoms with van der Waals surface area (Å²) < 4.78 is 0. The van der Waals surface area contributed by atoms with E-state index in [9.17, 15) is 0 Å². The van der Waals surface area contributed by atoms with Gasteiger partial charge >= 0.3 is 0 Å². The lowest BCUT2D eigenvalue weighted by Crippen LogP contribution is -2.07. The summed E-state index contributed by atoms with van der Waals surface area (Å²) in [5.74, 6) is 0.0593. The van der Waals surface area contributed by atoms with Crippen molar-refractivity contribution in [2.75, 3.05) is 0 Å². The van der Waals surface area contributed by atoms with Crippen LogP contribution in [-0.4, -0.2) is 5.71 Å². The van der Waals surface area contributed by atoms with Crippen LogP contribution >= 0.6 is 0 Å². The van der Waals surface area contributed by atoms with Crippen LogP contribution < -0.4 is 0 Å². The molecule has 0 aliphatic carbocycles. The summed E-state index contributed by atoms with van der Waals surface area (Å²) in [5.41, 5.74) is 2.07. The topological polar surface area (TPSA) is 45.4 Å². The van der Waals surface area contributed by atoms with Crippen LogP contribution in [-0.2, 0) is 11.4 Å². The molecule has 0 aromatic heterocycles. The zero-order chi connectivity index (χ0) is 13.9. The van der Waals surface area contributed by atoms with E-state index in [0.29, 0.717) is 6.61 Å². The Hall–Kier alpha value is -1.82. The third kappa shape index (κ3) is 6.05. The molecule has 0 saturated carbocycles. The van der Waals surface area contributed by atoms with Gasteiger partial charge in [-0.25, -0.2) is 0 Å². The van der Waals surface area contributed by atoms with Crippen LogP contribution in [0.2, 0.25) is 0 Å².